The third-order valence-corrected chi connectivity index (χ3v) is 4.30. The van der Waals surface area contributed by atoms with Crippen molar-refractivity contribution in [2.24, 2.45) is 5.92 Å². The van der Waals surface area contributed by atoms with Crippen molar-refractivity contribution in [2.45, 2.75) is 37.4 Å². The van der Waals surface area contributed by atoms with E-state index in [1.807, 2.05) is 6.07 Å². The Morgan fingerprint density at radius 1 is 1.25 bits per heavy atom. The molecule has 5 nitrogen and oxygen atoms in total. The molecule has 4 atom stereocenters. The second-order valence-corrected chi connectivity index (χ2v) is 5.58. The number of hydrogen-bond acceptors (Lipinski definition) is 3. The maximum Gasteiger partial charge on any atom is 0.330 e. The maximum atomic E-state index is 12.3. The number of hydrogen-bond donors (Lipinski definition) is 3. The van der Waals surface area contributed by atoms with Gasteiger partial charge in [0, 0.05) is 12.1 Å². The zero-order valence-corrected chi connectivity index (χ0v) is 11.1. The molecule has 5 heteroatoms. The summed E-state index contributed by atoms with van der Waals surface area (Å²) in [6.07, 6.45) is 2.94. The first-order valence-electron chi connectivity index (χ1n) is 6.99. The van der Waals surface area contributed by atoms with Crippen LogP contribution >= 0.6 is 0 Å². The molecule has 1 amide bonds. The van der Waals surface area contributed by atoms with Crippen LogP contribution in [-0.4, -0.2) is 29.1 Å². The number of rotatable bonds is 4. The first-order chi connectivity index (χ1) is 9.65. The van der Waals surface area contributed by atoms with Gasteiger partial charge in [0.2, 0.25) is 5.91 Å². The van der Waals surface area contributed by atoms with E-state index in [2.05, 4.69) is 10.6 Å². The normalized spacial score (nSPS) is 29.1. The van der Waals surface area contributed by atoms with Crippen molar-refractivity contribution in [2.75, 3.05) is 0 Å². The van der Waals surface area contributed by atoms with E-state index >= 15 is 0 Å². The molecule has 1 aromatic rings. The smallest absolute Gasteiger partial charge is 0.330 e. The SMILES string of the molecule is O=C(N[C@H](C(=O)O)c1ccccc1)C1CC2CCC1N2. The van der Waals surface area contributed by atoms with Crippen LogP contribution in [0.3, 0.4) is 0 Å². The van der Waals surface area contributed by atoms with Crippen LogP contribution in [0.2, 0.25) is 0 Å². The largest absolute Gasteiger partial charge is 0.479 e. The van der Waals surface area contributed by atoms with Crippen molar-refractivity contribution < 1.29 is 14.7 Å². The van der Waals surface area contributed by atoms with Gasteiger partial charge in [0.25, 0.3) is 0 Å². The molecule has 3 rings (SSSR count). The number of benzene rings is 1. The molecule has 0 spiro atoms. The number of aliphatic carboxylic acids is 1. The van der Waals surface area contributed by atoms with Crippen molar-refractivity contribution in [3.63, 3.8) is 0 Å². The van der Waals surface area contributed by atoms with Crippen LogP contribution in [0, 0.1) is 5.92 Å². The minimum absolute atomic E-state index is 0.0979. The predicted molar refractivity (Wildman–Crippen MR) is 73.0 cm³/mol. The number of fused-ring (bicyclic) bond motifs is 2. The van der Waals surface area contributed by atoms with Crippen LogP contribution < -0.4 is 10.6 Å². The minimum Gasteiger partial charge on any atom is -0.479 e. The average Bonchev–Trinajstić information content (AvgIpc) is 3.07. The van der Waals surface area contributed by atoms with Gasteiger partial charge >= 0.3 is 5.97 Å². The van der Waals surface area contributed by atoms with E-state index in [0.717, 1.165) is 19.3 Å². The Morgan fingerprint density at radius 2 is 2.00 bits per heavy atom. The van der Waals surface area contributed by atoms with Gasteiger partial charge in [-0.2, -0.15) is 0 Å². The van der Waals surface area contributed by atoms with Crippen molar-refractivity contribution in [3.05, 3.63) is 35.9 Å². The molecular weight excluding hydrogens is 256 g/mol. The molecule has 1 aromatic carbocycles. The maximum absolute atomic E-state index is 12.3. The summed E-state index contributed by atoms with van der Waals surface area (Å²) in [5.41, 5.74) is 0.601. The molecule has 20 heavy (non-hydrogen) atoms. The van der Waals surface area contributed by atoms with E-state index in [0.29, 0.717) is 11.6 Å². The van der Waals surface area contributed by atoms with Gasteiger partial charge in [0.05, 0.1) is 5.92 Å². The molecule has 2 bridgehead atoms. The summed E-state index contributed by atoms with van der Waals surface area (Å²) in [7, 11) is 0. The fraction of sp³-hybridized carbons (Fsp3) is 0.467. The second kappa shape index (κ2) is 5.25. The van der Waals surface area contributed by atoms with E-state index in [1.54, 1.807) is 24.3 Å². The summed E-state index contributed by atoms with van der Waals surface area (Å²) in [4.78, 5) is 23.7. The lowest BCUT2D eigenvalue weighted by atomic mass is 9.88. The molecule has 2 heterocycles. The molecule has 2 aliphatic heterocycles. The van der Waals surface area contributed by atoms with Crippen molar-refractivity contribution in [1.82, 2.24) is 10.6 Å². The van der Waals surface area contributed by atoms with Crippen molar-refractivity contribution in [1.29, 1.82) is 0 Å². The van der Waals surface area contributed by atoms with Gasteiger partial charge in [-0.3, -0.25) is 4.79 Å². The quantitative estimate of drug-likeness (QED) is 0.767. The highest BCUT2D eigenvalue weighted by atomic mass is 16.4. The summed E-state index contributed by atoms with van der Waals surface area (Å²) >= 11 is 0. The molecule has 0 radical (unpaired) electrons. The van der Waals surface area contributed by atoms with Crippen LogP contribution in [0.15, 0.2) is 30.3 Å². The zero-order chi connectivity index (χ0) is 14.1. The number of carboxylic acids is 1. The molecule has 0 aromatic heterocycles. The van der Waals surface area contributed by atoms with Crippen LogP contribution in [0.1, 0.15) is 30.9 Å². The van der Waals surface area contributed by atoms with E-state index in [1.165, 1.54) is 0 Å². The van der Waals surface area contributed by atoms with Gasteiger partial charge in [-0.05, 0) is 24.8 Å². The summed E-state index contributed by atoms with van der Waals surface area (Å²) in [6, 6.07) is 8.48. The third-order valence-electron chi connectivity index (χ3n) is 4.30. The first-order valence-corrected chi connectivity index (χ1v) is 6.99. The summed E-state index contributed by atoms with van der Waals surface area (Å²) in [5.74, 6) is -1.28. The highest BCUT2D eigenvalue weighted by Crippen LogP contribution is 2.33. The number of carbonyl (C=O) groups is 2. The van der Waals surface area contributed by atoms with E-state index in [4.69, 9.17) is 0 Å². The third kappa shape index (κ3) is 2.41. The summed E-state index contributed by atoms with van der Waals surface area (Å²) in [5, 5.41) is 15.4. The Hall–Kier alpha value is -1.88. The van der Waals surface area contributed by atoms with Gasteiger partial charge in [-0.25, -0.2) is 4.79 Å². The first kappa shape index (κ1) is 13.1. The number of amides is 1. The lowest BCUT2D eigenvalue weighted by Gasteiger charge is -2.22. The fourth-order valence-electron chi connectivity index (χ4n) is 3.30. The molecule has 0 aliphatic carbocycles. The average molecular weight is 274 g/mol. The second-order valence-electron chi connectivity index (χ2n) is 5.58. The Balaban J connectivity index is 1.71. The number of nitrogens with one attached hydrogen (secondary N) is 2. The summed E-state index contributed by atoms with van der Waals surface area (Å²) in [6.45, 7) is 0. The van der Waals surface area contributed by atoms with Gasteiger partial charge in [0.1, 0.15) is 0 Å². The lowest BCUT2D eigenvalue weighted by molar-refractivity contribution is -0.142. The highest BCUT2D eigenvalue weighted by molar-refractivity contribution is 5.86. The van der Waals surface area contributed by atoms with Crippen molar-refractivity contribution in [3.8, 4) is 0 Å². The predicted octanol–water partition coefficient (Wildman–Crippen LogP) is 1.07. The van der Waals surface area contributed by atoms with Crippen LogP contribution in [0.5, 0.6) is 0 Å². The molecule has 106 valence electrons. The van der Waals surface area contributed by atoms with Crippen molar-refractivity contribution >= 4 is 11.9 Å². The fourth-order valence-corrected chi connectivity index (χ4v) is 3.30. The zero-order valence-electron chi connectivity index (χ0n) is 11.1. The Bertz CT molecular complexity index is 517. The monoisotopic (exact) mass is 274 g/mol. The van der Waals surface area contributed by atoms with Gasteiger partial charge in [-0.15, -0.1) is 0 Å². The minimum atomic E-state index is -1.03. The molecule has 2 aliphatic rings. The number of carbonyl (C=O) groups excluding carboxylic acids is 1. The van der Waals surface area contributed by atoms with Crippen LogP contribution in [-0.2, 0) is 9.59 Å². The standard InChI is InChI=1S/C15H18N2O3/c18-14(11-8-10-6-7-12(11)16-10)17-13(15(19)20)9-4-2-1-3-5-9/h1-5,10-13,16H,6-8H2,(H,17,18)(H,19,20)/t10?,11?,12?,13-/m0/s1. The van der Waals surface area contributed by atoms with E-state index in [9.17, 15) is 14.7 Å². The molecule has 3 unspecified atom stereocenters. The van der Waals surface area contributed by atoms with Crippen LogP contribution in [0.25, 0.3) is 0 Å². The molecule has 0 saturated carbocycles. The molecule has 3 N–H and O–H groups in total. The van der Waals surface area contributed by atoms with Gasteiger partial charge in [0.15, 0.2) is 6.04 Å². The van der Waals surface area contributed by atoms with Crippen LogP contribution in [0.4, 0.5) is 0 Å². The topological polar surface area (TPSA) is 78.4 Å². The number of carboxylic acid groups (broad SMARTS) is 1. The Morgan fingerprint density at radius 3 is 2.55 bits per heavy atom. The summed E-state index contributed by atoms with van der Waals surface area (Å²) < 4.78 is 0. The Kier molecular flexibility index (Phi) is 3.44. The lowest BCUT2D eigenvalue weighted by Crippen LogP contribution is -2.41. The highest BCUT2D eigenvalue weighted by Gasteiger charge is 2.43. The van der Waals surface area contributed by atoms with Gasteiger partial charge in [-0.1, -0.05) is 30.3 Å². The van der Waals surface area contributed by atoms with E-state index < -0.39 is 12.0 Å². The Labute approximate surface area is 117 Å². The van der Waals surface area contributed by atoms with E-state index in [-0.39, 0.29) is 17.9 Å². The molecule has 2 saturated heterocycles. The van der Waals surface area contributed by atoms with Gasteiger partial charge < -0.3 is 15.7 Å². The molecule has 2 fully saturated rings. The molecular formula is C15H18N2O3.